The van der Waals surface area contributed by atoms with Gasteiger partial charge in [0.05, 0.1) is 0 Å². The Hall–Kier alpha value is -3.09. The lowest BCUT2D eigenvalue weighted by Crippen LogP contribution is -2.70. The minimum Gasteiger partial charge on any atom is -0.391 e. The first-order chi connectivity index (χ1) is 15.3. The fraction of sp³-hybridized carbons (Fsp3) is 0.480. The Morgan fingerprint density at radius 2 is 1.62 bits per heavy atom. The zero-order valence-corrected chi connectivity index (χ0v) is 18.6. The van der Waals surface area contributed by atoms with Crippen LogP contribution in [0.5, 0.6) is 5.88 Å². The van der Waals surface area contributed by atoms with Gasteiger partial charge in [-0.2, -0.15) is 0 Å². The lowest BCUT2D eigenvalue weighted by Gasteiger charge is -2.62. The van der Waals surface area contributed by atoms with Gasteiger partial charge >= 0.3 is 6.09 Å². The Balaban J connectivity index is 1.30. The van der Waals surface area contributed by atoms with E-state index < -0.39 is 6.09 Å². The van der Waals surface area contributed by atoms with Gasteiger partial charge in [-0.1, -0.05) is 6.07 Å². The summed E-state index contributed by atoms with van der Waals surface area (Å²) in [5.74, 6) is 1.26. The number of carbonyl (C=O) groups is 2. The molecule has 0 radical (unpaired) electrons. The van der Waals surface area contributed by atoms with Gasteiger partial charge in [0.1, 0.15) is 0 Å². The highest BCUT2D eigenvalue weighted by molar-refractivity contribution is 5.95. The van der Waals surface area contributed by atoms with Crippen molar-refractivity contribution in [3.05, 3.63) is 54.2 Å². The van der Waals surface area contributed by atoms with Crippen LogP contribution in [0.1, 0.15) is 48.9 Å². The number of benzene rings is 1. The molecule has 4 fully saturated rings. The second-order valence-corrected chi connectivity index (χ2v) is 10.1. The first kappa shape index (κ1) is 20.8. The van der Waals surface area contributed by atoms with E-state index in [1.54, 1.807) is 24.4 Å². The van der Waals surface area contributed by atoms with Crippen LogP contribution in [0.2, 0.25) is 0 Å². The van der Waals surface area contributed by atoms with Crippen LogP contribution in [0.25, 0.3) is 0 Å². The van der Waals surface area contributed by atoms with Crippen molar-refractivity contribution in [3.8, 4) is 5.88 Å². The van der Waals surface area contributed by atoms with Gasteiger partial charge in [0.25, 0.3) is 5.91 Å². The van der Waals surface area contributed by atoms with E-state index in [2.05, 4.69) is 15.6 Å². The lowest BCUT2D eigenvalue weighted by molar-refractivity contribution is -0.0449. The van der Waals surface area contributed by atoms with E-state index in [0.29, 0.717) is 23.3 Å². The molecule has 6 rings (SSSR count). The van der Waals surface area contributed by atoms with Crippen molar-refractivity contribution in [1.29, 1.82) is 0 Å². The highest BCUT2D eigenvalue weighted by atomic mass is 16.6. The standard InChI is InChI=1S/C25H30N4O3/c1-29(2)20-8-6-19(7-9-20)22(30)27-24-12-17-11-18(13-24)15-25(14-17,16-24)28-23(31)32-21-5-3-4-10-26-21/h3-10,17-18H,11-16H2,1-2H3,(H,27,30)(H,28,31). The Morgan fingerprint density at radius 1 is 0.969 bits per heavy atom. The lowest BCUT2D eigenvalue weighted by atomic mass is 9.50. The number of rotatable bonds is 5. The number of carbonyl (C=O) groups excluding carboxylic acids is 2. The molecule has 4 bridgehead atoms. The van der Waals surface area contributed by atoms with Gasteiger partial charge in [-0.25, -0.2) is 9.78 Å². The first-order valence-corrected chi connectivity index (χ1v) is 11.3. The molecule has 1 aromatic heterocycles. The van der Waals surface area contributed by atoms with Crippen LogP contribution in [-0.4, -0.2) is 42.2 Å². The van der Waals surface area contributed by atoms with Crippen molar-refractivity contribution in [2.75, 3.05) is 19.0 Å². The van der Waals surface area contributed by atoms with Crippen LogP contribution in [0, 0.1) is 11.8 Å². The van der Waals surface area contributed by atoms with Crippen molar-refractivity contribution in [1.82, 2.24) is 15.6 Å². The summed E-state index contributed by atoms with van der Waals surface area (Å²) in [4.78, 5) is 31.9. The normalized spacial score (nSPS) is 29.9. The molecule has 4 saturated carbocycles. The predicted molar refractivity (Wildman–Crippen MR) is 122 cm³/mol. The average Bonchev–Trinajstić information content (AvgIpc) is 2.72. The molecule has 4 aliphatic carbocycles. The third kappa shape index (κ3) is 4.04. The number of hydrogen-bond acceptors (Lipinski definition) is 5. The quantitative estimate of drug-likeness (QED) is 0.749. The van der Waals surface area contributed by atoms with E-state index in [4.69, 9.17) is 4.74 Å². The summed E-state index contributed by atoms with van der Waals surface area (Å²) in [6, 6.07) is 12.9. The van der Waals surface area contributed by atoms with E-state index in [0.717, 1.165) is 37.8 Å². The molecule has 168 valence electrons. The van der Waals surface area contributed by atoms with Gasteiger partial charge in [0, 0.05) is 48.7 Å². The first-order valence-electron chi connectivity index (χ1n) is 11.3. The van der Waals surface area contributed by atoms with Crippen molar-refractivity contribution < 1.29 is 14.3 Å². The Labute approximate surface area is 188 Å². The molecule has 2 amide bonds. The van der Waals surface area contributed by atoms with E-state index in [9.17, 15) is 9.59 Å². The third-order valence-corrected chi connectivity index (χ3v) is 7.29. The topological polar surface area (TPSA) is 83.6 Å². The number of aromatic nitrogens is 1. The Kier molecular flexibility index (Phi) is 5.07. The van der Waals surface area contributed by atoms with E-state index >= 15 is 0 Å². The van der Waals surface area contributed by atoms with E-state index in [1.165, 1.54) is 6.42 Å². The number of pyridine rings is 1. The Bertz CT molecular complexity index is 992. The summed E-state index contributed by atoms with van der Waals surface area (Å²) in [5, 5.41) is 6.55. The number of nitrogens with one attached hydrogen (secondary N) is 2. The molecule has 1 heterocycles. The highest BCUT2D eigenvalue weighted by Crippen LogP contribution is 2.57. The zero-order chi connectivity index (χ0) is 22.3. The van der Waals surface area contributed by atoms with Gasteiger partial charge in [-0.3, -0.25) is 4.79 Å². The molecule has 1 aromatic carbocycles. The van der Waals surface area contributed by atoms with Crippen LogP contribution < -0.4 is 20.3 Å². The molecule has 2 aromatic rings. The van der Waals surface area contributed by atoms with Gasteiger partial charge < -0.3 is 20.3 Å². The smallest absolute Gasteiger partial charge is 0.391 e. The third-order valence-electron chi connectivity index (χ3n) is 7.29. The molecule has 7 nitrogen and oxygen atoms in total. The zero-order valence-electron chi connectivity index (χ0n) is 18.6. The second kappa shape index (κ2) is 7.80. The maximum absolute atomic E-state index is 13.1. The van der Waals surface area contributed by atoms with Crippen LogP contribution in [0.3, 0.4) is 0 Å². The van der Waals surface area contributed by atoms with Crippen LogP contribution in [0.15, 0.2) is 48.7 Å². The van der Waals surface area contributed by atoms with Gasteiger partial charge in [0.15, 0.2) is 0 Å². The largest absolute Gasteiger partial charge is 0.414 e. The molecule has 0 saturated heterocycles. The summed E-state index contributed by atoms with van der Waals surface area (Å²) >= 11 is 0. The van der Waals surface area contributed by atoms with E-state index in [-0.39, 0.29) is 17.0 Å². The van der Waals surface area contributed by atoms with Gasteiger partial charge in [-0.15, -0.1) is 0 Å². The summed E-state index contributed by atoms with van der Waals surface area (Å²) < 4.78 is 5.41. The highest BCUT2D eigenvalue weighted by Gasteiger charge is 2.59. The molecule has 2 N–H and O–H groups in total. The molecular formula is C25H30N4O3. The molecule has 0 aliphatic heterocycles. The number of hydrogen-bond donors (Lipinski definition) is 2. The molecular weight excluding hydrogens is 404 g/mol. The number of nitrogens with zero attached hydrogens (tertiary/aromatic N) is 2. The van der Waals surface area contributed by atoms with Crippen LogP contribution in [-0.2, 0) is 0 Å². The number of amides is 2. The maximum Gasteiger partial charge on any atom is 0.414 e. The number of anilines is 1. The molecule has 32 heavy (non-hydrogen) atoms. The summed E-state index contributed by atoms with van der Waals surface area (Å²) in [7, 11) is 3.96. The molecule has 0 spiro atoms. The van der Waals surface area contributed by atoms with Crippen LogP contribution in [0.4, 0.5) is 10.5 Å². The Morgan fingerprint density at radius 3 is 2.22 bits per heavy atom. The van der Waals surface area contributed by atoms with Crippen LogP contribution >= 0.6 is 0 Å². The second-order valence-electron chi connectivity index (χ2n) is 10.1. The number of ether oxygens (including phenoxy) is 1. The van der Waals surface area contributed by atoms with Gasteiger partial charge in [-0.05, 0) is 80.7 Å². The molecule has 4 aliphatic rings. The fourth-order valence-electron chi connectivity index (χ4n) is 6.52. The minimum atomic E-state index is -0.466. The fourth-order valence-corrected chi connectivity index (χ4v) is 6.52. The van der Waals surface area contributed by atoms with Crippen molar-refractivity contribution in [2.24, 2.45) is 11.8 Å². The van der Waals surface area contributed by atoms with Crippen molar-refractivity contribution in [3.63, 3.8) is 0 Å². The van der Waals surface area contributed by atoms with Crippen molar-refractivity contribution >= 4 is 17.7 Å². The molecule has 7 heteroatoms. The SMILES string of the molecule is CN(C)c1ccc(C(=O)NC23CC4CC(CC(NC(=O)Oc5ccccn5)(C4)C2)C3)cc1. The molecule has 2 unspecified atom stereocenters. The maximum atomic E-state index is 13.1. The minimum absolute atomic E-state index is 0.0385. The van der Waals surface area contributed by atoms with Crippen molar-refractivity contribution in [2.45, 2.75) is 49.6 Å². The summed E-state index contributed by atoms with van der Waals surface area (Å²) in [6.45, 7) is 0. The predicted octanol–water partition coefficient (Wildman–Crippen LogP) is 3.76. The summed E-state index contributed by atoms with van der Waals surface area (Å²) in [5.41, 5.74) is 1.12. The molecule has 2 atom stereocenters. The summed E-state index contributed by atoms with van der Waals surface area (Å²) in [6.07, 6.45) is 6.88. The van der Waals surface area contributed by atoms with E-state index in [1.807, 2.05) is 43.3 Å². The average molecular weight is 435 g/mol. The monoisotopic (exact) mass is 434 g/mol. The van der Waals surface area contributed by atoms with Gasteiger partial charge in [0.2, 0.25) is 5.88 Å².